The van der Waals surface area contributed by atoms with Crippen molar-refractivity contribution in [1.82, 2.24) is 0 Å². The molecule has 0 atom stereocenters. The maximum absolute atomic E-state index is 14.4. The van der Waals surface area contributed by atoms with E-state index in [-0.39, 0.29) is 23.3 Å². The molecule has 0 aromatic heterocycles. The van der Waals surface area contributed by atoms with Crippen LogP contribution in [0.3, 0.4) is 0 Å². The highest BCUT2D eigenvalue weighted by Gasteiger charge is 2.44. The number of benzene rings is 4. The quantitative estimate of drug-likeness (QED) is 0.0449. The average molecular weight is 897 g/mol. The smallest absolute Gasteiger partial charge is 0.321 e. The molecule has 0 bridgehead atoms. The first kappa shape index (κ1) is 50.2. The van der Waals surface area contributed by atoms with Crippen molar-refractivity contribution >= 4 is 22.6 Å². The van der Waals surface area contributed by atoms with Gasteiger partial charge in [0.25, 0.3) is 0 Å². The lowest BCUT2D eigenvalue weighted by molar-refractivity contribution is -0.279. The van der Waals surface area contributed by atoms with E-state index in [2.05, 4.69) is 113 Å². The first-order valence-electron chi connectivity index (χ1n) is 22.7. The topological polar surface area (TPSA) is 81.7 Å². The predicted octanol–water partition coefficient (Wildman–Crippen LogP) is 13.9. The van der Waals surface area contributed by atoms with E-state index in [1.54, 1.807) is 0 Å². The second-order valence-electron chi connectivity index (χ2n) is 21.3. The Morgan fingerprint density at radius 2 is 1.00 bits per heavy atom. The molecule has 63 heavy (non-hydrogen) atoms. The van der Waals surface area contributed by atoms with Gasteiger partial charge >= 0.3 is 5.97 Å². The molecular formula is C53H76O8Si2. The van der Waals surface area contributed by atoms with Crippen molar-refractivity contribution in [2.45, 2.75) is 138 Å². The van der Waals surface area contributed by atoms with Crippen LogP contribution < -0.4 is 14.2 Å². The van der Waals surface area contributed by atoms with Crippen LogP contribution in [0.4, 0.5) is 0 Å². The molecule has 4 aromatic carbocycles. The average Bonchev–Trinajstić information content (AvgIpc) is 3.18. The number of carbonyl (C=O) groups is 1. The van der Waals surface area contributed by atoms with Crippen LogP contribution in [0.2, 0.25) is 36.3 Å². The lowest BCUT2D eigenvalue weighted by Crippen LogP contribution is -2.50. The Bertz CT molecular complexity index is 2040. The highest BCUT2D eigenvalue weighted by molar-refractivity contribution is 6.74. The van der Waals surface area contributed by atoms with Crippen molar-refractivity contribution in [2.75, 3.05) is 39.6 Å². The molecule has 0 radical (unpaired) electrons. The first-order valence-corrected chi connectivity index (χ1v) is 28.5. The monoisotopic (exact) mass is 897 g/mol. The molecule has 1 aliphatic rings. The second kappa shape index (κ2) is 19.8. The van der Waals surface area contributed by atoms with E-state index < -0.39 is 33.8 Å². The van der Waals surface area contributed by atoms with Gasteiger partial charge < -0.3 is 32.5 Å². The van der Waals surface area contributed by atoms with Crippen LogP contribution in [-0.2, 0) is 23.1 Å². The Morgan fingerprint density at radius 3 is 1.38 bits per heavy atom. The lowest BCUT2D eigenvalue weighted by atomic mass is 9.87. The third-order valence-corrected chi connectivity index (χ3v) is 22.3. The molecule has 344 valence electrons. The number of esters is 1. The number of carbonyl (C=O) groups excluding carboxylic acids is 1. The SMILES string of the molecule is Cc1cc(C)c(-c2cc(-c3ccc(OCCCO[Si](C)(C)C(C)(C)C)cc3)c(OC(=O)C3(C)COC(C)(C)OC3)c(-c3ccc(OCCCO[Si](C)(C)C(C)(C)C)cc3)c2)c(C)c1. The van der Waals surface area contributed by atoms with Crippen LogP contribution in [-0.4, -0.2) is 68.0 Å². The van der Waals surface area contributed by atoms with Gasteiger partial charge in [0.05, 0.1) is 26.4 Å². The Morgan fingerprint density at radius 1 is 0.603 bits per heavy atom. The summed E-state index contributed by atoms with van der Waals surface area (Å²) in [5.74, 6) is 0.783. The fourth-order valence-corrected chi connectivity index (χ4v) is 9.25. The van der Waals surface area contributed by atoms with Gasteiger partial charge in [-0.05, 0) is 148 Å². The number of rotatable bonds is 17. The fourth-order valence-electron chi connectivity index (χ4n) is 7.08. The van der Waals surface area contributed by atoms with Crippen LogP contribution in [0, 0.1) is 26.2 Å². The Kier molecular flexibility index (Phi) is 15.8. The summed E-state index contributed by atoms with van der Waals surface area (Å²) in [6.07, 6.45) is 1.60. The molecular weight excluding hydrogens is 821 g/mol. The second-order valence-corrected chi connectivity index (χ2v) is 30.9. The molecule has 0 aliphatic carbocycles. The number of aryl methyl sites for hydroxylation is 3. The van der Waals surface area contributed by atoms with Crippen molar-refractivity contribution < 1.29 is 37.3 Å². The largest absolute Gasteiger partial charge is 0.494 e. The van der Waals surface area contributed by atoms with Crippen molar-refractivity contribution in [3.8, 4) is 50.6 Å². The van der Waals surface area contributed by atoms with Crippen molar-refractivity contribution in [2.24, 2.45) is 5.41 Å². The summed E-state index contributed by atoms with van der Waals surface area (Å²) in [7, 11) is -3.65. The number of hydrogen-bond donors (Lipinski definition) is 0. The van der Waals surface area contributed by atoms with Crippen LogP contribution in [0.1, 0.15) is 91.8 Å². The molecule has 4 aromatic rings. The molecule has 0 N–H and O–H groups in total. The molecule has 5 rings (SSSR count). The zero-order chi connectivity index (χ0) is 46.6. The molecule has 10 heteroatoms. The molecule has 1 saturated heterocycles. The Labute approximate surface area is 381 Å². The van der Waals surface area contributed by atoms with Gasteiger partial charge in [0.15, 0.2) is 22.4 Å². The Balaban J connectivity index is 1.51. The van der Waals surface area contributed by atoms with E-state index in [0.29, 0.717) is 32.2 Å². The van der Waals surface area contributed by atoms with Gasteiger partial charge in [-0.2, -0.15) is 0 Å². The van der Waals surface area contributed by atoms with Gasteiger partial charge in [-0.3, -0.25) is 4.79 Å². The third kappa shape index (κ3) is 12.7. The van der Waals surface area contributed by atoms with E-state index in [1.807, 2.05) is 69.3 Å². The van der Waals surface area contributed by atoms with E-state index in [4.69, 9.17) is 32.5 Å². The molecule has 1 heterocycles. The van der Waals surface area contributed by atoms with Crippen LogP contribution in [0.25, 0.3) is 33.4 Å². The predicted molar refractivity (Wildman–Crippen MR) is 263 cm³/mol. The van der Waals surface area contributed by atoms with Crippen LogP contribution in [0.15, 0.2) is 72.8 Å². The molecule has 0 amide bonds. The van der Waals surface area contributed by atoms with Crippen LogP contribution >= 0.6 is 0 Å². The minimum atomic E-state index is -1.82. The standard InChI is InChI=1S/C53H76O8Si2/c1-37-31-38(2)47(39(3)32-37)42-33-45(40-19-23-43(24-20-40)55-27-17-29-59-62(13,14)50(4,5)6)48(61-49(54)53(12)35-57-52(10,11)58-36-53)46(34-42)41-21-25-44(26-22-41)56-28-18-30-60-63(15,16)51(7,8)9/h19-26,31-34H,17-18,27-30,35-36H2,1-16H3. The van der Waals surface area contributed by atoms with Gasteiger partial charge in [-0.25, -0.2) is 0 Å². The van der Waals surface area contributed by atoms with Gasteiger partial charge in [-0.15, -0.1) is 0 Å². The van der Waals surface area contributed by atoms with Gasteiger partial charge in [-0.1, -0.05) is 83.5 Å². The summed E-state index contributed by atoms with van der Waals surface area (Å²) in [6, 6.07) is 24.8. The third-order valence-electron chi connectivity index (χ3n) is 13.2. The summed E-state index contributed by atoms with van der Waals surface area (Å²) < 4.78 is 43.8. The lowest BCUT2D eigenvalue weighted by Gasteiger charge is -2.39. The van der Waals surface area contributed by atoms with Crippen molar-refractivity contribution in [3.63, 3.8) is 0 Å². The molecule has 1 fully saturated rings. The summed E-state index contributed by atoms with van der Waals surface area (Å²) in [6.45, 7) is 37.4. The van der Waals surface area contributed by atoms with E-state index >= 15 is 0 Å². The molecule has 8 nitrogen and oxygen atoms in total. The number of hydrogen-bond acceptors (Lipinski definition) is 8. The summed E-state index contributed by atoms with van der Waals surface area (Å²) >= 11 is 0. The summed E-state index contributed by atoms with van der Waals surface area (Å²) in [4.78, 5) is 14.4. The Hall–Kier alpha value is -3.78. The minimum Gasteiger partial charge on any atom is -0.494 e. The van der Waals surface area contributed by atoms with E-state index in [1.165, 1.54) is 16.7 Å². The highest BCUT2D eigenvalue weighted by atomic mass is 28.4. The zero-order valence-electron chi connectivity index (χ0n) is 41.4. The van der Waals surface area contributed by atoms with E-state index in [0.717, 1.165) is 57.7 Å². The van der Waals surface area contributed by atoms with E-state index in [9.17, 15) is 4.79 Å². The summed E-state index contributed by atoms with van der Waals surface area (Å²) in [5, 5.41) is 0.325. The normalized spacial score (nSPS) is 15.6. The van der Waals surface area contributed by atoms with Gasteiger partial charge in [0.2, 0.25) is 0 Å². The highest BCUT2D eigenvalue weighted by Crippen LogP contribution is 2.46. The minimum absolute atomic E-state index is 0.163. The number of ether oxygens (including phenoxy) is 5. The fraction of sp³-hybridized carbons (Fsp3) is 0.528. The molecule has 0 spiro atoms. The maximum atomic E-state index is 14.4. The van der Waals surface area contributed by atoms with Gasteiger partial charge in [0.1, 0.15) is 22.7 Å². The molecule has 0 saturated carbocycles. The van der Waals surface area contributed by atoms with Gasteiger partial charge in [0, 0.05) is 37.2 Å². The first-order chi connectivity index (χ1) is 29.2. The summed E-state index contributed by atoms with van der Waals surface area (Å²) in [5.41, 5.74) is 8.04. The zero-order valence-corrected chi connectivity index (χ0v) is 43.4. The molecule has 1 aliphatic heterocycles. The maximum Gasteiger partial charge on any atom is 0.321 e. The van der Waals surface area contributed by atoms with Crippen LogP contribution in [0.5, 0.6) is 17.2 Å². The van der Waals surface area contributed by atoms with Crippen molar-refractivity contribution in [3.05, 3.63) is 89.5 Å². The molecule has 0 unspecified atom stereocenters. The van der Waals surface area contributed by atoms with Crippen molar-refractivity contribution in [1.29, 1.82) is 0 Å².